The maximum absolute atomic E-state index is 12.5. The van der Waals surface area contributed by atoms with Gasteiger partial charge in [0.05, 0.1) is 13.2 Å². The Morgan fingerprint density at radius 3 is 2.81 bits per heavy atom. The summed E-state index contributed by atoms with van der Waals surface area (Å²) in [5.41, 5.74) is 2.82. The van der Waals surface area contributed by atoms with E-state index in [0.717, 1.165) is 11.3 Å². The van der Waals surface area contributed by atoms with E-state index in [0.29, 0.717) is 6.61 Å². The fourth-order valence-corrected chi connectivity index (χ4v) is 8.97. The van der Waals surface area contributed by atoms with Gasteiger partial charge in [-0.05, 0) is 38.0 Å². The molecule has 21 heavy (non-hydrogen) atoms. The van der Waals surface area contributed by atoms with Crippen molar-refractivity contribution in [3.05, 3.63) is 16.0 Å². The van der Waals surface area contributed by atoms with Crippen LogP contribution in [0, 0.1) is 0 Å². The molecule has 1 aliphatic heterocycles. The van der Waals surface area contributed by atoms with E-state index < -0.39 is 0 Å². The van der Waals surface area contributed by atoms with Gasteiger partial charge in [0.1, 0.15) is 6.61 Å². The topological polar surface area (TPSA) is 26.3 Å². The number of carbonyl (C=O) groups excluding carboxylic acids is 1. The van der Waals surface area contributed by atoms with Crippen molar-refractivity contribution in [3.63, 3.8) is 0 Å². The summed E-state index contributed by atoms with van der Waals surface area (Å²) in [6.07, 6.45) is 5.64. The van der Waals surface area contributed by atoms with E-state index in [9.17, 15) is 4.79 Å². The summed E-state index contributed by atoms with van der Waals surface area (Å²) in [6.45, 7) is 2.76. The largest absolute Gasteiger partial charge is 0.374 e. The van der Waals surface area contributed by atoms with Crippen LogP contribution in [0.1, 0.15) is 40.6 Å². The number of fused-ring (bicyclic) bond motifs is 2. The van der Waals surface area contributed by atoms with Gasteiger partial charge in [-0.1, -0.05) is 0 Å². The molecule has 0 N–H and O–H groups in total. The zero-order chi connectivity index (χ0) is 14.9. The number of hydrogen-bond donors (Lipinski definition) is 0. The number of Topliss-reactive ketones (excluding diaryl/α,β-unsaturated/α-hetero) is 1. The molecule has 1 fully saturated rings. The summed E-state index contributed by atoms with van der Waals surface area (Å²) in [6, 6.07) is 0. The maximum Gasteiger partial charge on any atom is 0.198 e. The van der Waals surface area contributed by atoms with Crippen LogP contribution in [0.25, 0.3) is 0 Å². The first kappa shape index (κ1) is 16.2. The molecule has 1 aromatic heterocycles. The van der Waals surface area contributed by atoms with Crippen LogP contribution in [0.3, 0.4) is 0 Å². The Morgan fingerprint density at radius 1 is 1.38 bits per heavy atom. The molecular formula is C15H20O2S4. The lowest BCUT2D eigenvalue weighted by atomic mass is 9.92. The van der Waals surface area contributed by atoms with Gasteiger partial charge in [-0.25, -0.2) is 0 Å². The quantitative estimate of drug-likeness (QED) is 0.562. The van der Waals surface area contributed by atoms with Gasteiger partial charge < -0.3 is 4.74 Å². The highest BCUT2D eigenvalue weighted by Crippen LogP contribution is 2.61. The minimum absolute atomic E-state index is 0.170. The zero-order valence-electron chi connectivity index (χ0n) is 12.4. The first-order valence-electron chi connectivity index (χ1n) is 7.31. The molecule has 0 bridgehead atoms. The molecule has 0 saturated carbocycles. The Morgan fingerprint density at radius 2 is 2.14 bits per heavy atom. The second-order valence-corrected chi connectivity index (χ2v) is 10.3. The molecule has 1 aliphatic carbocycles. The van der Waals surface area contributed by atoms with Gasteiger partial charge >= 0.3 is 0 Å². The number of ketones is 1. The van der Waals surface area contributed by atoms with Crippen LogP contribution >= 0.6 is 46.6 Å². The van der Waals surface area contributed by atoms with Crippen molar-refractivity contribution in [1.82, 2.24) is 0 Å². The third-order valence-electron chi connectivity index (χ3n) is 3.92. The molecule has 3 rings (SSSR count). The lowest BCUT2D eigenvalue weighted by molar-refractivity contribution is 0.0786. The summed E-state index contributed by atoms with van der Waals surface area (Å²) >= 11 is 7.70. The summed E-state index contributed by atoms with van der Waals surface area (Å²) in [4.78, 5) is 13.4. The molecule has 116 valence electrons. The molecule has 2 aliphatic rings. The number of ether oxygens (including phenoxy) is 1. The number of thioether (sulfide) groups is 3. The van der Waals surface area contributed by atoms with Crippen molar-refractivity contribution in [3.8, 4) is 0 Å². The normalized spacial score (nSPS) is 19.9. The van der Waals surface area contributed by atoms with Gasteiger partial charge in [-0.2, -0.15) is 0 Å². The van der Waals surface area contributed by atoms with Gasteiger partial charge in [-0.15, -0.1) is 46.6 Å². The molecule has 6 heteroatoms. The summed E-state index contributed by atoms with van der Waals surface area (Å²) < 4.78 is 6.92. The van der Waals surface area contributed by atoms with Crippen LogP contribution in [0.2, 0.25) is 0 Å². The van der Waals surface area contributed by atoms with E-state index in [1.54, 1.807) is 23.1 Å². The van der Waals surface area contributed by atoms with E-state index in [-0.39, 0.29) is 16.5 Å². The molecular weight excluding hydrogens is 340 g/mol. The summed E-state index contributed by atoms with van der Waals surface area (Å²) in [5.74, 6) is 2.63. The Hall–Kier alpha value is 0.380. The molecule has 0 aromatic carbocycles. The molecule has 0 atom stereocenters. The highest BCUT2D eigenvalue weighted by molar-refractivity contribution is 8.20. The van der Waals surface area contributed by atoms with Crippen LogP contribution in [0.4, 0.5) is 0 Å². The molecule has 1 spiro atoms. The minimum atomic E-state index is 0.170. The van der Waals surface area contributed by atoms with Crippen LogP contribution in [-0.4, -0.2) is 36.8 Å². The van der Waals surface area contributed by atoms with Crippen molar-refractivity contribution >= 4 is 52.4 Å². The van der Waals surface area contributed by atoms with Crippen molar-refractivity contribution < 1.29 is 9.53 Å². The third-order valence-corrected chi connectivity index (χ3v) is 9.84. The Labute approximate surface area is 143 Å². The number of rotatable bonds is 5. The van der Waals surface area contributed by atoms with E-state index in [1.165, 1.54) is 39.7 Å². The fourth-order valence-electron chi connectivity index (χ4n) is 3.06. The van der Waals surface area contributed by atoms with Crippen molar-refractivity contribution in [2.45, 2.75) is 34.5 Å². The average molecular weight is 361 g/mol. The van der Waals surface area contributed by atoms with E-state index in [1.807, 2.05) is 6.92 Å². The predicted molar refractivity (Wildman–Crippen MR) is 96.5 cm³/mol. The molecule has 0 radical (unpaired) electrons. The molecule has 2 heterocycles. The lowest BCUT2D eigenvalue weighted by Crippen LogP contribution is -2.22. The van der Waals surface area contributed by atoms with Crippen LogP contribution in [-0.2, 0) is 15.2 Å². The fraction of sp³-hybridized carbons (Fsp3) is 0.667. The lowest BCUT2D eigenvalue weighted by Gasteiger charge is -2.33. The Kier molecular flexibility index (Phi) is 5.31. The van der Waals surface area contributed by atoms with Gasteiger partial charge in [0, 0.05) is 23.7 Å². The van der Waals surface area contributed by atoms with Crippen molar-refractivity contribution in [2.75, 3.05) is 31.0 Å². The Balaban J connectivity index is 2.01. The maximum atomic E-state index is 12.5. The number of thiophene rings is 1. The number of carbonyl (C=O) groups is 1. The monoisotopic (exact) mass is 360 g/mol. The van der Waals surface area contributed by atoms with Crippen LogP contribution < -0.4 is 0 Å². The van der Waals surface area contributed by atoms with Gasteiger partial charge in [0.2, 0.25) is 0 Å². The summed E-state index contributed by atoms with van der Waals surface area (Å²) in [5, 5.41) is 0. The minimum Gasteiger partial charge on any atom is -0.374 e. The molecule has 0 unspecified atom stereocenters. The van der Waals surface area contributed by atoms with Crippen LogP contribution in [0.15, 0.2) is 4.21 Å². The molecule has 2 nitrogen and oxygen atoms in total. The molecule has 1 aromatic rings. The summed E-state index contributed by atoms with van der Waals surface area (Å²) in [7, 11) is 0. The molecule has 1 saturated heterocycles. The molecule has 0 amide bonds. The first-order valence-corrected chi connectivity index (χ1v) is 11.3. The first-order chi connectivity index (χ1) is 10.2. The second-order valence-electron chi connectivity index (χ2n) is 5.14. The number of hydrogen-bond acceptors (Lipinski definition) is 6. The van der Waals surface area contributed by atoms with Crippen molar-refractivity contribution in [2.24, 2.45) is 0 Å². The van der Waals surface area contributed by atoms with Crippen LogP contribution in [0.5, 0.6) is 0 Å². The van der Waals surface area contributed by atoms with E-state index in [2.05, 4.69) is 29.8 Å². The standard InChI is InChI=1S/C15H20O2S4/c1-3-17-9-11(16)13-10-5-4-6-15(19-7-8-20-15)12(10)14(18-2)21-13/h3-9H2,1-2H3. The highest BCUT2D eigenvalue weighted by atomic mass is 32.2. The zero-order valence-corrected chi connectivity index (χ0v) is 15.7. The highest BCUT2D eigenvalue weighted by Gasteiger charge is 2.44. The predicted octanol–water partition coefficient (Wildman–Crippen LogP) is 4.66. The average Bonchev–Trinajstić information content (AvgIpc) is 3.11. The van der Waals surface area contributed by atoms with Gasteiger partial charge in [0.25, 0.3) is 0 Å². The third kappa shape index (κ3) is 2.94. The SMILES string of the molecule is CCOCC(=O)c1sc(SC)c2c1CCCC21SCCS1. The Bertz CT molecular complexity index is 532. The smallest absolute Gasteiger partial charge is 0.198 e. The van der Waals surface area contributed by atoms with E-state index in [4.69, 9.17) is 4.74 Å². The second kappa shape index (κ2) is 6.87. The van der Waals surface area contributed by atoms with E-state index >= 15 is 0 Å². The van der Waals surface area contributed by atoms with Gasteiger partial charge in [-0.3, -0.25) is 4.79 Å². The van der Waals surface area contributed by atoms with Crippen molar-refractivity contribution in [1.29, 1.82) is 0 Å². The van der Waals surface area contributed by atoms with Gasteiger partial charge in [0.15, 0.2) is 5.78 Å².